The van der Waals surface area contributed by atoms with E-state index in [1.165, 1.54) is 0 Å². The molecule has 0 radical (unpaired) electrons. The maximum atomic E-state index is 5.35. The zero-order valence-electron chi connectivity index (χ0n) is 10.8. The van der Waals surface area contributed by atoms with Gasteiger partial charge < -0.3 is 9.26 Å². The number of rotatable bonds is 2. The Balaban J connectivity index is 1.71. The summed E-state index contributed by atoms with van der Waals surface area (Å²) in [4.78, 5) is 9.01. The van der Waals surface area contributed by atoms with Crippen LogP contribution in [0.15, 0.2) is 40.9 Å². The van der Waals surface area contributed by atoms with E-state index in [-0.39, 0.29) is 5.92 Å². The molecule has 3 heterocycles. The van der Waals surface area contributed by atoms with E-state index in [0.29, 0.717) is 24.0 Å². The lowest BCUT2D eigenvalue weighted by atomic mass is 10.1. The molecule has 1 atom stereocenters. The summed E-state index contributed by atoms with van der Waals surface area (Å²) in [5.74, 6) is 1.43. The van der Waals surface area contributed by atoms with Crippen molar-refractivity contribution in [3.63, 3.8) is 0 Å². The van der Waals surface area contributed by atoms with Crippen LogP contribution in [0.5, 0.6) is 0 Å². The number of fused-ring (bicyclic) bond motifs is 1. The van der Waals surface area contributed by atoms with Crippen molar-refractivity contribution in [3.8, 4) is 11.6 Å². The Bertz CT molecular complexity index is 747. The summed E-state index contributed by atoms with van der Waals surface area (Å²) in [6.45, 7) is 1.44. The minimum atomic E-state index is 0.243. The molecule has 5 heteroatoms. The second kappa shape index (κ2) is 4.68. The van der Waals surface area contributed by atoms with Gasteiger partial charge in [0, 0.05) is 17.9 Å². The minimum absolute atomic E-state index is 0.243. The minimum Gasteiger partial charge on any atom is -0.381 e. The van der Waals surface area contributed by atoms with Crippen LogP contribution in [0.4, 0.5) is 0 Å². The third-order valence-electron chi connectivity index (χ3n) is 3.55. The van der Waals surface area contributed by atoms with Crippen LogP contribution >= 0.6 is 0 Å². The van der Waals surface area contributed by atoms with Gasteiger partial charge in [-0.15, -0.1) is 0 Å². The van der Waals surface area contributed by atoms with Crippen LogP contribution in [0.1, 0.15) is 18.2 Å². The van der Waals surface area contributed by atoms with Crippen molar-refractivity contribution in [2.24, 2.45) is 0 Å². The molecule has 1 aromatic carbocycles. The molecule has 0 spiro atoms. The van der Waals surface area contributed by atoms with Gasteiger partial charge in [-0.25, -0.2) is 4.98 Å². The lowest BCUT2D eigenvalue weighted by molar-refractivity contribution is 0.192. The zero-order chi connectivity index (χ0) is 13.4. The Kier molecular flexibility index (Phi) is 2.70. The summed E-state index contributed by atoms with van der Waals surface area (Å²) >= 11 is 0. The highest BCUT2D eigenvalue weighted by atomic mass is 16.5. The molecule has 5 nitrogen and oxygen atoms in total. The monoisotopic (exact) mass is 267 g/mol. The topological polar surface area (TPSA) is 61.0 Å². The van der Waals surface area contributed by atoms with Gasteiger partial charge in [-0.05, 0) is 18.6 Å². The molecule has 1 aliphatic heterocycles. The van der Waals surface area contributed by atoms with Crippen molar-refractivity contribution in [1.29, 1.82) is 0 Å². The highest BCUT2D eigenvalue weighted by Gasteiger charge is 2.23. The molecule has 3 aromatic rings. The molecule has 20 heavy (non-hydrogen) atoms. The average molecular weight is 267 g/mol. The van der Waals surface area contributed by atoms with E-state index in [0.717, 1.165) is 23.9 Å². The van der Waals surface area contributed by atoms with Crippen molar-refractivity contribution in [2.45, 2.75) is 12.3 Å². The first-order valence-corrected chi connectivity index (χ1v) is 6.68. The number of hydrogen-bond donors (Lipinski definition) is 0. The predicted octanol–water partition coefficient (Wildman–Crippen LogP) is 2.79. The molecule has 4 rings (SSSR count). The Morgan fingerprint density at radius 2 is 2.00 bits per heavy atom. The van der Waals surface area contributed by atoms with Crippen molar-refractivity contribution in [1.82, 2.24) is 15.1 Å². The second-order valence-electron chi connectivity index (χ2n) is 4.91. The molecule has 0 saturated carbocycles. The predicted molar refractivity (Wildman–Crippen MR) is 73.2 cm³/mol. The number of nitrogens with zero attached hydrogens (tertiary/aromatic N) is 3. The molecule has 2 aromatic heterocycles. The number of pyridine rings is 1. The molecule has 0 aliphatic carbocycles. The van der Waals surface area contributed by atoms with Crippen LogP contribution in [-0.2, 0) is 4.74 Å². The van der Waals surface area contributed by atoms with Crippen LogP contribution in [0, 0.1) is 0 Å². The third-order valence-corrected chi connectivity index (χ3v) is 3.55. The van der Waals surface area contributed by atoms with E-state index in [1.807, 2.05) is 36.4 Å². The Hall–Kier alpha value is -2.27. The van der Waals surface area contributed by atoms with Crippen molar-refractivity contribution < 1.29 is 9.26 Å². The van der Waals surface area contributed by atoms with E-state index in [2.05, 4.69) is 15.1 Å². The summed E-state index contributed by atoms with van der Waals surface area (Å²) in [5, 5.41) is 5.15. The fourth-order valence-corrected chi connectivity index (χ4v) is 2.43. The van der Waals surface area contributed by atoms with Gasteiger partial charge in [-0.2, -0.15) is 4.98 Å². The van der Waals surface area contributed by atoms with Crippen LogP contribution in [-0.4, -0.2) is 28.3 Å². The molecule has 0 unspecified atom stereocenters. The first-order valence-electron chi connectivity index (χ1n) is 6.68. The van der Waals surface area contributed by atoms with Crippen LogP contribution < -0.4 is 0 Å². The number of benzene rings is 1. The van der Waals surface area contributed by atoms with Crippen molar-refractivity contribution in [2.75, 3.05) is 13.2 Å². The molecule has 0 bridgehead atoms. The van der Waals surface area contributed by atoms with Gasteiger partial charge in [0.15, 0.2) is 5.82 Å². The van der Waals surface area contributed by atoms with Gasteiger partial charge >= 0.3 is 0 Å². The van der Waals surface area contributed by atoms with Gasteiger partial charge in [-0.1, -0.05) is 29.4 Å². The molecule has 0 N–H and O–H groups in total. The molecule has 0 amide bonds. The zero-order valence-corrected chi connectivity index (χ0v) is 10.8. The summed E-state index contributed by atoms with van der Waals surface area (Å²) in [6.07, 6.45) is 0.949. The van der Waals surface area contributed by atoms with E-state index in [4.69, 9.17) is 9.26 Å². The van der Waals surface area contributed by atoms with E-state index in [1.54, 1.807) is 0 Å². The summed E-state index contributed by atoms with van der Waals surface area (Å²) in [7, 11) is 0. The van der Waals surface area contributed by atoms with E-state index < -0.39 is 0 Å². The SMILES string of the molecule is c1ccc2nc(-c3nc([C@H]4CCOC4)no3)ccc2c1. The second-order valence-corrected chi connectivity index (χ2v) is 4.91. The maximum Gasteiger partial charge on any atom is 0.276 e. The lowest BCUT2D eigenvalue weighted by Crippen LogP contribution is -1.99. The standard InChI is InChI=1S/C15H13N3O2/c1-2-4-12-10(3-1)5-6-13(16-12)15-17-14(18-20-15)11-7-8-19-9-11/h1-6,11H,7-9H2/t11-/m0/s1. The van der Waals surface area contributed by atoms with E-state index >= 15 is 0 Å². The first kappa shape index (κ1) is 11.5. The van der Waals surface area contributed by atoms with Crippen LogP contribution in [0.2, 0.25) is 0 Å². The molecule has 1 saturated heterocycles. The number of para-hydroxylation sites is 1. The highest BCUT2D eigenvalue weighted by molar-refractivity contribution is 5.80. The Morgan fingerprint density at radius 3 is 2.90 bits per heavy atom. The van der Waals surface area contributed by atoms with Crippen LogP contribution in [0.3, 0.4) is 0 Å². The molecular formula is C15H13N3O2. The lowest BCUT2D eigenvalue weighted by Gasteiger charge is -1.99. The van der Waals surface area contributed by atoms with Gasteiger partial charge in [-0.3, -0.25) is 0 Å². The molecule has 1 fully saturated rings. The van der Waals surface area contributed by atoms with Gasteiger partial charge in [0.1, 0.15) is 5.69 Å². The first-order chi connectivity index (χ1) is 9.90. The fraction of sp³-hybridized carbons (Fsp3) is 0.267. The summed E-state index contributed by atoms with van der Waals surface area (Å²) in [5.41, 5.74) is 1.63. The molecular weight excluding hydrogens is 254 g/mol. The number of aromatic nitrogens is 3. The average Bonchev–Trinajstić information content (AvgIpc) is 3.17. The van der Waals surface area contributed by atoms with E-state index in [9.17, 15) is 0 Å². The maximum absolute atomic E-state index is 5.35. The summed E-state index contributed by atoms with van der Waals surface area (Å²) < 4.78 is 10.7. The Labute approximate surface area is 115 Å². The highest BCUT2D eigenvalue weighted by Crippen LogP contribution is 2.25. The summed E-state index contributed by atoms with van der Waals surface area (Å²) in [6, 6.07) is 11.9. The van der Waals surface area contributed by atoms with Crippen molar-refractivity contribution >= 4 is 10.9 Å². The van der Waals surface area contributed by atoms with Crippen LogP contribution in [0.25, 0.3) is 22.5 Å². The normalized spacial score (nSPS) is 18.7. The van der Waals surface area contributed by atoms with Gasteiger partial charge in [0.2, 0.25) is 0 Å². The Morgan fingerprint density at radius 1 is 1.05 bits per heavy atom. The molecule has 1 aliphatic rings. The van der Waals surface area contributed by atoms with Crippen molar-refractivity contribution in [3.05, 3.63) is 42.2 Å². The number of ether oxygens (including phenoxy) is 1. The third kappa shape index (κ3) is 1.96. The quantitative estimate of drug-likeness (QED) is 0.714. The molecule has 100 valence electrons. The van der Waals surface area contributed by atoms with Gasteiger partial charge in [0.05, 0.1) is 12.1 Å². The smallest absolute Gasteiger partial charge is 0.276 e. The fourth-order valence-electron chi connectivity index (χ4n) is 2.43. The van der Waals surface area contributed by atoms with Gasteiger partial charge in [0.25, 0.3) is 5.89 Å². The largest absolute Gasteiger partial charge is 0.381 e. The number of hydrogen-bond acceptors (Lipinski definition) is 5.